The first-order valence-electron chi connectivity index (χ1n) is 5.73. The third kappa shape index (κ3) is 3.08. The van der Waals surface area contributed by atoms with Crippen molar-refractivity contribution in [3.8, 4) is 0 Å². The van der Waals surface area contributed by atoms with Gasteiger partial charge in [0.2, 0.25) is 0 Å². The zero-order valence-electron chi connectivity index (χ0n) is 10.2. The molecule has 0 saturated carbocycles. The molecular formula is C11H18N4OS. The zero-order chi connectivity index (χ0) is 12.3. The van der Waals surface area contributed by atoms with E-state index in [-0.39, 0.29) is 11.6 Å². The van der Waals surface area contributed by atoms with Crippen molar-refractivity contribution in [1.82, 2.24) is 20.2 Å². The lowest BCUT2D eigenvalue weighted by Crippen LogP contribution is -2.35. The molecule has 0 radical (unpaired) electrons. The van der Waals surface area contributed by atoms with Crippen molar-refractivity contribution >= 4 is 11.8 Å². The largest absolute Gasteiger partial charge is 0.314 e. The molecule has 17 heavy (non-hydrogen) atoms. The van der Waals surface area contributed by atoms with Crippen LogP contribution in [-0.2, 0) is 6.54 Å². The average Bonchev–Trinajstić information content (AvgIpc) is 2.29. The van der Waals surface area contributed by atoms with Gasteiger partial charge >= 0.3 is 0 Å². The highest BCUT2D eigenvalue weighted by Gasteiger charge is 2.23. The number of hydrogen-bond donors (Lipinski definition) is 2. The van der Waals surface area contributed by atoms with Gasteiger partial charge in [0.1, 0.15) is 5.82 Å². The Labute approximate surface area is 105 Å². The van der Waals surface area contributed by atoms with E-state index in [1.807, 2.05) is 18.8 Å². The second-order valence-electron chi connectivity index (χ2n) is 4.22. The quantitative estimate of drug-likeness (QED) is 0.807. The highest BCUT2D eigenvalue weighted by atomic mass is 32.2. The molecule has 1 fully saturated rings. The number of nitrogens with zero attached hydrogens (tertiary/aromatic N) is 2. The minimum Gasteiger partial charge on any atom is -0.314 e. The number of nitrogens with one attached hydrogen (secondary N) is 2. The van der Waals surface area contributed by atoms with Crippen LogP contribution in [0.3, 0.4) is 0 Å². The van der Waals surface area contributed by atoms with E-state index in [9.17, 15) is 4.79 Å². The molecule has 5 nitrogen and oxygen atoms in total. The van der Waals surface area contributed by atoms with Crippen molar-refractivity contribution in [3.05, 3.63) is 27.9 Å². The number of H-pyrrole nitrogens is 1. The summed E-state index contributed by atoms with van der Waals surface area (Å²) in [7, 11) is 3.93. The van der Waals surface area contributed by atoms with Gasteiger partial charge in [-0.15, -0.1) is 0 Å². The van der Waals surface area contributed by atoms with Crippen molar-refractivity contribution in [2.75, 3.05) is 32.1 Å². The minimum atomic E-state index is -0.0655. The Balaban J connectivity index is 2.27. The summed E-state index contributed by atoms with van der Waals surface area (Å²) in [5, 5.41) is 3.02. The van der Waals surface area contributed by atoms with Crippen LogP contribution >= 0.6 is 11.8 Å². The topological polar surface area (TPSA) is 61.0 Å². The maximum atomic E-state index is 11.6. The minimum absolute atomic E-state index is 0.0655. The molecule has 1 aromatic heterocycles. The Morgan fingerprint density at radius 2 is 2.53 bits per heavy atom. The van der Waals surface area contributed by atoms with Crippen LogP contribution in [0.2, 0.25) is 0 Å². The van der Waals surface area contributed by atoms with Crippen molar-refractivity contribution in [3.63, 3.8) is 0 Å². The van der Waals surface area contributed by atoms with Gasteiger partial charge in [0.05, 0.1) is 11.7 Å². The lowest BCUT2D eigenvalue weighted by molar-refractivity contribution is 0.263. The summed E-state index contributed by atoms with van der Waals surface area (Å²) in [5.74, 6) is 2.92. The molecule has 1 aromatic rings. The van der Waals surface area contributed by atoms with Crippen LogP contribution in [0.25, 0.3) is 0 Å². The van der Waals surface area contributed by atoms with Crippen LogP contribution in [0.1, 0.15) is 17.6 Å². The van der Waals surface area contributed by atoms with Gasteiger partial charge in [0.15, 0.2) is 0 Å². The van der Waals surface area contributed by atoms with E-state index < -0.39 is 0 Å². The molecule has 1 saturated heterocycles. The Morgan fingerprint density at radius 1 is 1.71 bits per heavy atom. The first-order valence-corrected chi connectivity index (χ1v) is 6.89. The molecule has 6 heteroatoms. The Hall–Kier alpha value is -0.850. The predicted molar refractivity (Wildman–Crippen MR) is 70.3 cm³/mol. The van der Waals surface area contributed by atoms with E-state index in [0.29, 0.717) is 6.54 Å². The summed E-state index contributed by atoms with van der Waals surface area (Å²) in [5.41, 5.74) is 0.736. The molecule has 0 bridgehead atoms. The lowest BCUT2D eigenvalue weighted by Gasteiger charge is -2.31. The third-order valence-electron chi connectivity index (χ3n) is 2.88. The number of aromatic amines is 1. The van der Waals surface area contributed by atoms with Crippen molar-refractivity contribution < 1.29 is 0 Å². The average molecular weight is 254 g/mol. The summed E-state index contributed by atoms with van der Waals surface area (Å²) >= 11 is 1.91. The number of hydrogen-bond acceptors (Lipinski definition) is 5. The van der Waals surface area contributed by atoms with E-state index in [0.717, 1.165) is 29.6 Å². The van der Waals surface area contributed by atoms with Crippen molar-refractivity contribution in [1.29, 1.82) is 0 Å². The van der Waals surface area contributed by atoms with Gasteiger partial charge in [0.25, 0.3) is 5.56 Å². The van der Waals surface area contributed by atoms with Gasteiger partial charge in [-0.05, 0) is 14.1 Å². The first kappa shape index (κ1) is 12.6. The molecule has 2 rings (SSSR count). The number of aromatic nitrogens is 2. The molecule has 94 valence electrons. The highest BCUT2D eigenvalue weighted by molar-refractivity contribution is 7.99. The summed E-state index contributed by atoms with van der Waals surface area (Å²) in [6.45, 7) is 1.66. The molecule has 0 aromatic carbocycles. The van der Waals surface area contributed by atoms with E-state index in [2.05, 4.69) is 27.2 Å². The maximum Gasteiger partial charge on any atom is 0.251 e. The SMILES string of the molecule is CNCc1cc(=O)[nH]c(C2CSCCN2C)n1. The zero-order valence-corrected chi connectivity index (χ0v) is 11.0. The summed E-state index contributed by atoms with van der Waals surface area (Å²) in [6, 6.07) is 1.77. The summed E-state index contributed by atoms with van der Waals surface area (Å²) in [4.78, 5) is 21.2. The molecule has 2 N–H and O–H groups in total. The van der Waals surface area contributed by atoms with Crippen LogP contribution in [-0.4, -0.2) is 47.0 Å². The van der Waals surface area contributed by atoms with Crippen molar-refractivity contribution in [2.45, 2.75) is 12.6 Å². The monoisotopic (exact) mass is 254 g/mol. The van der Waals surface area contributed by atoms with Crippen LogP contribution in [0.15, 0.2) is 10.9 Å². The Morgan fingerprint density at radius 3 is 3.24 bits per heavy atom. The van der Waals surface area contributed by atoms with Crippen LogP contribution < -0.4 is 10.9 Å². The molecule has 1 aliphatic rings. The lowest BCUT2D eigenvalue weighted by atomic mass is 10.2. The van der Waals surface area contributed by atoms with E-state index in [1.165, 1.54) is 0 Å². The van der Waals surface area contributed by atoms with E-state index in [4.69, 9.17) is 0 Å². The van der Waals surface area contributed by atoms with Crippen LogP contribution in [0.5, 0.6) is 0 Å². The molecule has 1 atom stereocenters. The second kappa shape index (κ2) is 5.66. The van der Waals surface area contributed by atoms with Crippen LogP contribution in [0.4, 0.5) is 0 Å². The molecule has 0 spiro atoms. The Kier molecular flexibility index (Phi) is 4.20. The normalized spacial score (nSPS) is 21.6. The number of thioether (sulfide) groups is 1. The molecule has 2 heterocycles. The summed E-state index contributed by atoms with van der Waals surface area (Å²) < 4.78 is 0. The number of rotatable bonds is 3. The second-order valence-corrected chi connectivity index (χ2v) is 5.37. The van der Waals surface area contributed by atoms with Gasteiger partial charge in [-0.3, -0.25) is 9.69 Å². The van der Waals surface area contributed by atoms with Crippen LogP contribution in [0, 0.1) is 0 Å². The molecule has 1 unspecified atom stereocenters. The molecular weight excluding hydrogens is 236 g/mol. The van der Waals surface area contributed by atoms with Gasteiger partial charge in [-0.2, -0.15) is 11.8 Å². The highest BCUT2D eigenvalue weighted by Crippen LogP contribution is 2.25. The smallest absolute Gasteiger partial charge is 0.251 e. The van der Waals surface area contributed by atoms with Crippen molar-refractivity contribution in [2.24, 2.45) is 0 Å². The summed E-state index contributed by atoms with van der Waals surface area (Å²) in [6.07, 6.45) is 0. The molecule has 0 amide bonds. The standard InChI is InChI=1S/C11H18N4OS/c1-12-6-8-5-10(16)14-11(13-8)9-7-17-4-3-15(9)2/h5,9,12H,3-4,6-7H2,1-2H3,(H,13,14,16). The molecule has 1 aliphatic heterocycles. The third-order valence-corrected chi connectivity index (χ3v) is 3.91. The predicted octanol–water partition coefficient (Wildman–Crippen LogP) is 0.209. The fraction of sp³-hybridized carbons (Fsp3) is 0.636. The van der Waals surface area contributed by atoms with Gasteiger partial charge < -0.3 is 10.3 Å². The van der Waals surface area contributed by atoms with Gasteiger partial charge in [-0.25, -0.2) is 4.98 Å². The maximum absolute atomic E-state index is 11.6. The van der Waals surface area contributed by atoms with Gasteiger partial charge in [-0.1, -0.05) is 0 Å². The van der Waals surface area contributed by atoms with E-state index in [1.54, 1.807) is 6.07 Å². The Bertz CT molecular complexity index is 434. The fourth-order valence-electron chi connectivity index (χ4n) is 1.93. The first-order chi connectivity index (χ1) is 8.20. The molecule has 0 aliphatic carbocycles. The van der Waals surface area contributed by atoms with E-state index >= 15 is 0 Å². The fourth-order valence-corrected chi connectivity index (χ4v) is 3.15. The van der Waals surface area contributed by atoms with Gasteiger partial charge in [0, 0.05) is 30.7 Å².